The van der Waals surface area contributed by atoms with Gasteiger partial charge in [0.25, 0.3) is 0 Å². The van der Waals surface area contributed by atoms with Crippen molar-refractivity contribution in [1.29, 1.82) is 0 Å². The Morgan fingerprint density at radius 3 is 2.81 bits per heavy atom. The molecule has 0 aliphatic heterocycles. The molecule has 118 valence electrons. The standard InChI is InChI=1S/C17H26FNO2/c1-4-19-12(2)16-10-13(18)8-9-17(16)21-15-7-5-6-14(11-15)20-3/h8-10,12,14-15,19H,4-7,11H2,1-3H3. The third-order valence-electron chi connectivity index (χ3n) is 4.15. The van der Waals surface area contributed by atoms with E-state index in [9.17, 15) is 4.39 Å². The van der Waals surface area contributed by atoms with Gasteiger partial charge in [-0.2, -0.15) is 0 Å². The summed E-state index contributed by atoms with van der Waals surface area (Å²) in [4.78, 5) is 0. The SMILES string of the molecule is CCNC(C)c1cc(F)ccc1OC1CCCC(OC)C1. The lowest BCUT2D eigenvalue weighted by molar-refractivity contribution is 0.0205. The van der Waals surface area contributed by atoms with E-state index in [4.69, 9.17) is 9.47 Å². The number of benzene rings is 1. The van der Waals surface area contributed by atoms with Gasteiger partial charge in [0.05, 0.1) is 6.10 Å². The maximum atomic E-state index is 13.5. The van der Waals surface area contributed by atoms with Crippen LogP contribution in [0.15, 0.2) is 18.2 Å². The fraction of sp³-hybridized carbons (Fsp3) is 0.647. The van der Waals surface area contributed by atoms with Crippen LogP contribution < -0.4 is 10.1 Å². The summed E-state index contributed by atoms with van der Waals surface area (Å²) < 4.78 is 25.1. The molecule has 1 fully saturated rings. The van der Waals surface area contributed by atoms with Crippen molar-refractivity contribution in [2.45, 2.75) is 57.8 Å². The van der Waals surface area contributed by atoms with Gasteiger partial charge in [-0.25, -0.2) is 4.39 Å². The largest absolute Gasteiger partial charge is 0.490 e. The molecule has 1 aromatic carbocycles. The van der Waals surface area contributed by atoms with Gasteiger partial charge in [0.2, 0.25) is 0 Å². The van der Waals surface area contributed by atoms with Crippen LogP contribution >= 0.6 is 0 Å². The summed E-state index contributed by atoms with van der Waals surface area (Å²) in [5.41, 5.74) is 0.886. The van der Waals surface area contributed by atoms with E-state index >= 15 is 0 Å². The molecular weight excluding hydrogens is 269 g/mol. The molecule has 0 heterocycles. The molecule has 4 heteroatoms. The van der Waals surface area contributed by atoms with Crippen molar-refractivity contribution in [1.82, 2.24) is 5.32 Å². The predicted octanol–water partition coefficient (Wildman–Crippen LogP) is 3.83. The highest BCUT2D eigenvalue weighted by Crippen LogP contribution is 2.30. The van der Waals surface area contributed by atoms with Crippen LogP contribution in [0.2, 0.25) is 0 Å². The van der Waals surface area contributed by atoms with Crippen LogP contribution in [0.5, 0.6) is 5.75 Å². The highest BCUT2D eigenvalue weighted by Gasteiger charge is 2.24. The van der Waals surface area contributed by atoms with Gasteiger partial charge in [-0.15, -0.1) is 0 Å². The van der Waals surface area contributed by atoms with Crippen molar-refractivity contribution in [3.05, 3.63) is 29.6 Å². The Kier molecular flexibility index (Phi) is 6.00. The summed E-state index contributed by atoms with van der Waals surface area (Å²) in [6.45, 7) is 4.91. The molecule has 0 bridgehead atoms. The Morgan fingerprint density at radius 1 is 1.33 bits per heavy atom. The molecule has 1 aliphatic carbocycles. The topological polar surface area (TPSA) is 30.5 Å². The first-order valence-corrected chi connectivity index (χ1v) is 7.86. The lowest BCUT2D eigenvalue weighted by Gasteiger charge is -2.30. The van der Waals surface area contributed by atoms with Crippen molar-refractivity contribution >= 4 is 0 Å². The summed E-state index contributed by atoms with van der Waals surface area (Å²) in [6, 6.07) is 4.85. The quantitative estimate of drug-likeness (QED) is 0.865. The number of ether oxygens (including phenoxy) is 2. The smallest absolute Gasteiger partial charge is 0.124 e. The Bertz CT molecular complexity index is 452. The minimum atomic E-state index is -0.222. The Hall–Kier alpha value is -1.13. The van der Waals surface area contributed by atoms with E-state index in [0.717, 1.165) is 43.5 Å². The Morgan fingerprint density at radius 2 is 2.10 bits per heavy atom. The van der Waals surface area contributed by atoms with Crippen molar-refractivity contribution in [2.75, 3.05) is 13.7 Å². The van der Waals surface area contributed by atoms with Crippen LogP contribution in [-0.4, -0.2) is 25.9 Å². The van der Waals surface area contributed by atoms with E-state index in [0.29, 0.717) is 0 Å². The van der Waals surface area contributed by atoms with E-state index in [-0.39, 0.29) is 24.1 Å². The maximum absolute atomic E-state index is 13.5. The summed E-state index contributed by atoms with van der Waals surface area (Å²) in [5.74, 6) is 0.562. The third kappa shape index (κ3) is 4.42. The number of hydrogen-bond acceptors (Lipinski definition) is 3. The zero-order valence-electron chi connectivity index (χ0n) is 13.2. The summed E-state index contributed by atoms with van der Waals surface area (Å²) >= 11 is 0. The molecule has 1 aromatic rings. The van der Waals surface area contributed by atoms with E-state index < -0.39 is 0 Å². The first kappa shape index (κ1) is 16.2. The lowest BCUT2D eigenvalue weighted by atomic mass is 9.94. The minimum Gasteiger partial charge on any atom is -0.490 e. The van der Waals surface area contributed by atoms with Crippen molar-refractivity contribution in [3.63, 3.8) is 0 Å². The van der Waals surface area contributed by atoms with Crippen LogP contribution in [0.4, 0.5) is 4.39 Å². The highest BCUT2D eigenvalue weighted by molar-refractivity contribution is 5.36. The molecule has 3 unspecified atom stereocenters. The van der Waals surface area contributed by atoms with Gasteiger partial charge in [0.15, 0.2) is 0 Å². The monoisotopic (exact) mass is 295 g/mol. The van der Waals surface area contributed by atoms with E-state index in [1.165, 1.54) is 6.07 Å². The molecule has 3 nitrogen and oxygen atoms in total. The molecule has 1 saturated carbocycles. The minimum absolute atomic E-state index is 0.0718. The number of methoxy groups -OCH3 is 1. The van der Waals surface area contributed by atoms with Gasteiger partial charge < -0.3 is 14.8 Å². The third-order valence-corrected chi connectivity index (χ3v) is 4.15. The highest BCUT2D eigenvalue weighted by atomic mass is 19.1. The normalized spacial score (nSPS) is 23.8. The number of halogens is 1. The molecule has 0 radical (unpaired) electrons. The van der Waals surface area contributed by atoms with Crippen molar-refractivity contribution < 1.29 is 13.9 Å². The first-order chi connectivity index (χ1) is 10.1. The average Bonchev–Trinajstić information content (AvgIpc) is 2.49. The van der Waals surface area contributed by atoms with Gasteiger partial charge in [-0.1, -0.05) is 6.92 Å². The average molecular weight is 295 g/mol. The zero-order valence-corrected chi connectivity index (χ0v) is 13.2. The predicted molar refractivity (Wildman–Crippen MR) is 82.2 cm³/mol. The van der Waals surface area contributed by atoms with Gasteiger partial charge in [-0.05, 0) is 50.9 Å². The van der Waals surface area contributed by atoms with Crippen LogP contribution in [0.25, 0.3) is 0 Å². The van der Waals surface area contributed by atoms with E-state index in [1.54, 1.807) is 19.2 Å². The first-order valence-electron chi connectivity index (χ1n) is 7.86. The second kappa shape index (κ2) is 7.76. The lowest BCUT2D eigenvalue weighted by Crippen LogP contribution is -2.30. The second-order valence-electron chi connectivity index (χ2n) is 5.73. The Balaban J connectivity index is 2.11. The zero-order chi connectivity index (χ0) is 15.2. The van der Waals surface area contributed by atoms with Gasteiger partial charge in [-0.3, -0.25) is 0 Å². The molecule has 0 saturated heterocycles. The Labute approximate surface area is 126 Å². The van der Waals surface area contributed by atoms with Crippen LogP contribution in [0, 0.1) is 5.82 Å². The summed E-state index contributed by atoms with van der Waals surface area (Å²) in [5, 5.41) is 3.32. The molecule has 2 rings (SSSR count). The maximum Gasteiger partial charge on any atom is 0.124 e. The number of hydrogen-bond donors (Lipinski definition) is 1. The van der Waals surface area contributed by atoms with Crippen molar-refractivity contribution in [2.24, 2.45) is 0 Å². The van der Waals surface area contributed by atoms with Gasteiger partial charge in [0.1, 0.15) is 17.7 Å². The van der Waals surface area contributed by atoms with Crippen molar-refractivity contribution in [3.8, 4) is 5.75 Å². The van der Waals surface area contributed by atoms with E-state index in [2.05, 4.69) is 5.32 Å². The summed E-state index contributed by atoms with van der Waals surface area (Å²) in [6.07, 6.45) is 4.58. The second-order valence-corrected chi connectivity index (χ2v) is 5.73. The molecule has 0 amide bonds. The molecule has 0 aromatic heterocycles. The number of nitrogens with one attached hydrogen (secondary N) is 1. The van der Waals surface area contributed by atoms with Gasteiger partial charge in [0, 0.05) is 25.1 Å². The van der Waals surface area contributed by atoms with Crippen LogP contribution in [-0.2, 0) is 4.74 Å². The van der Waals surface area contributed by atoms with Gasteiger partial charge >= 0.3 is 0 Å². The van der Waals surface area contributed by atoms with Crippen LogP contribution in [0.3, 0.4) is 0 Å². The molecule has 1 aliphatic rings. The molecule has 21 heavy (non-hydrogen) atoms. The van der Waals surface area contributed by atoms with E-state index in [1.807, 2.05) is 13.8 Å². The molecule has 1 N–H and O–H groups in total. The molecule has 3 atom stereocenters. The molecule has 0 spiro atoms. The number of rotatable bonds is 6. The molecular formula is C17H26FNO2. The van der Waals surface area contributed by atoms with Crippen LogP contribution in [0.1, 0.15) is 51.1 Å². The summed E-state index contributed by atoms with van der Waals surface area (Å²) in [7, 11) is 1.75. The fourth-order valence-corrected chi connectivity index (χ4v) is 2.98. The fourth-order valence-electron chi connectivity index (χ4n) is 2.98.